The predicted octanol–water partition coefficient (Wildman–Crippen LogP) is 6.34. The van der Waals surface area contributed by atoms with Crippen LogP contribution >= 0.6 is 11.6 Å². The predicted molar refractivity (Wildman–Crippen MR) is 116 cm³/mol. The normalized spacial score (nSPS) is 13.0. The first kappa shape index (κ1) is 19.9. The van der Waals surface area contributed by atoms with Crippen molar-refractivity contribution in [2.24, 2.45) is 0 Å². The van der Waals surface area contributed by atoms with E-state index in [2.05, 4.69) is 46.5 Å². The smallest absolute Gasteiger partial charge is 0.226 e. The Bertz CT molecular complexity index is 1250. The lowest BCUT2D eigenvalue weighted by atomic mass is 9.83. The van der Waals surface area contributed by atoms with Crippen LogP contribution in [-0.4, -0.2) is 18.8 Å². The second kappa shape index (κ2) is 6.30. The number of aryl methyl sites for hydroxylation is 1. The largest absolute Gasteiger partial charge is 0.290 e. The van der Waals surface area contributed by atoms with Crippen molar-refractivity contribution in [2.45, 2.75) is 59.3 Å². The van der Waals surface area contributed by atoms with Crippen molar-refractivity contribution in [3.05, 3.63) is 58.5 Å². The van der Waals surface area contributed by atoms with Gasteiger partial charge in [-0.2, -0.15) is 4.39 Å². The molecule has 0 saturated carbocycles. The molecule has 0 bridgehead atoms. The van der Waals surface area contributed by atoms with Crippen molar-refractivity contribution in [1.29, 1.82) is 0 Å². The average Bonchev–Trinajstić information content (AvgIpc) is 3.18. The van der Waals surface area contributed by atoms with Gasteiger partial charge in [0, 0.05) is 34.8 Å². The monoisotopic (exact) mass is 412 g/mol. The maximum absolute atomic E-state index is 15.8. The van der Waals surface area contributed by atoms with Gasteiger partial charge in [-0.05, 0) is 29.9 Å². The number of fused-ring (bicyclic) bond motifs is 2. The van der Waals surface area contributed by atoms with Crippen LogP contribution in [0.5, 0.6) is 0 Å². The fourth-order valence-electron chi connectivity index (χ4n) is 3.98. The molecule has 0 spiro atoms. The van der Waals surface area contributed by atoms with Crippen molar-refractivity contribution >= 4 is 22.9 Å². The summed E-state index contributed by atoms with van der Waals surface area (Å²) in [5, 5.41) is 0.477. The Kier molecular flexibility index (Phi) is 4.32. The number of halogens is 2. The van der Waals surface area contributed by atoms with E-state index in [-0.39, 0.29) is 16.8 Å². The minimum Gasteiger partial charge on any atom is -0.290 e. The molecule has 0 radical (unpaired) electrons. The summed E-state index contributed by atoms with van der Waals surface area (Å²) in [6, 6.07) is 5.78. The molecule has 4 rings (SSSR count). The summed E-state index contributed by atoms with van der Waals surface area (Å²) in [5.41, 5.74) is 4.63. The summed E-state index contributed by atoms with van der Waals surface area (Å²) in [7, 11) is 0. The number of aromatic nitrogens is 4. The van der Waals surface area contributed by atoms with Crippen LogP contribution in [0.15, 0.2) is 30.6 Å². The number of nitrogens with zero attached hydrogens (tertiary/aromatic N) is 4. The quantitative estimate of drug-likeness (QED) is 0.341. The van der Waals surface area contributed by atoms with Crippen molar-refractivity contribution in [2.75, 3.05) is 0 Å². The van der Waals surface area contributed by atoms with E-state index in [9.17, 15) is 0 Å². The van der Waals surface area contributed by atoms with E-state index in [0.29, 0.717) is 22.1 Å². The van der Waals surface area contributed by atoms with Crippen LogP contribution in [0.2, 0.25) is 5.15 Å². The minimum absolute atomic E-state index is 0.165. The summed E-state index contributed by atoms with van der Waals surface area (Å²) >= 11 is 6.53. The Hall–Kier alpha value is -2.40. The number of pyridine rings is 2. The Labute approximate surface area is 175 Å². The summed E-state index contributed by atoms with van der Waals surface area (Å²) in [5.74, 6) is -0.374. The van der Waals surface area contributed by atoms with Gasteiger partial charge in [-0.1, -0.05) is 59.2 Å². The van der Waals surface area contributed by atoms with Gasteiger partial charge in [-0.15, -0.1) is 0 Å². The number of rotatable bonds is 1. The molecule has 0 aliphatic carbocycles. The summed E-state index contributed by atoms with van der Waals surface area (Å²) in [4.78, 5) is 9.32. The molecule has 6 heteroatoms. The van der Waals surface area contributed by atoms with Gasteiger partial charge in [-0.25, -0.2) is 9.97 Å². The lowest BCUT2D eigenvalue weighted by Gasteiger charge is -2.23. The second-order valence-corrected chi connectivity index (χ2v) is 10.1. The molecule has 4 aromatic heterocycles. The summed E-state index contributed by atoms with van der Waals surface area (Å²) in [6.45, 7) is 14.5. The minimum atomic E-state index is -0.374. The molecular weight excluding hydrogens is 387 g/mol. The van der Waals surface area contributed by atoms with Gasteiger partial charge >= 0.3 is 0 Å². The lowest BCUT2D eigenvalue weighted by Crippen LogP contribution is -2.16. The number of hydrogen-bond donors (Lipinski definition) is 0. The molecular formula is C23H26ClFN4. The van der Waals surface area contributed by atoms with Crippen LogP contribution in [0.25, 0.3) is 22.6 Å². The highest BCUT2D eigenvalue weighted by atomic mass is 35.5. The molecule has 0 unspecified atom stereocenters. The maximum atomic E-state index is 15.8. The van der Waals surface area contributed by atoms with Crippen LogP contribution in [-0.2, 0) is 10.8 Å². The van der Waals surface area contributed by atoms with Crippen molar-refractivity contribution in [3.8, 4) is 11.3 Å². The average molecular weight is 413 g/mol. The van der Waals surface area contributed by atoms with Gasteiger partial charge in [-0.3, -0.25) is 8.80 Å². The Morgan fingerprint density at radius 1 is 1.00 bits per heavy atom. The van der Waals surface area contributed by atoms with Gasteiger partial charge in [0.05, 0.1) is 0 Å². The summed E-state index contributed by atoms with van der Waals surface area (Å²) < 4.78 is 19.2. The van der Waals surface area contributed by atoms with Crippen molar-refractivity contribution < 1.29 is 4.39 Å². The maximum Gasteiger partial charge on any atom is 0.226 e. The molecule has 0 fully saturated rings. The molecule has 152 valence electrons. The first-order chi connectivity index (χ1) is 13.4. The highest BCUT2D eigenvalue weighted by molar-refractivity contribution is 6.30. The van der Waals surface area contributed by atoms with Crippen LogP contribution in [0.1, 0.15) is 58.4 Å². The molecule has 29 heavy (non-hydrogen) atoms. The number of imidazole rings is 2. The molecule has 4 nitrogen and oxygen atoms in total. The van der Waals surface area contributed by atoms with Crippen LogP contribution < -0.4 is 0 Å². The Morgan fingerprint density at radius 2 is 1.69 bits per heavy atom. The van der Waals surface area contributed by atoms with Crippen LogP contribution in [0, 0.1) is 12.9 Å². The fraction of sp³-hybridized carbons (Fsp3) is 0.391. The van der Waals surface area contributed by atoms with E-state index in [0.717, 1.165) is 22.5 Å². The van der Waals surface area contributed by atoms with Gasteiger partial charge < -0.3 is 0 Å². The fourth-order valence-corrected chi connectivity index (χ4v) is 4.23. The van der Waals surface area contributed by atoms with Gasteiger partial charge in [0.2, 0.25) is 5.95 Å². The van der Waals surface area contributed by atoms with E-state index in [1.54, 1.807) is 16.7 Å². The van der Waals surface area contributed by atoms with E-state index >= 15 is 4.39 Å². The van der Waals surface area contributed by atoms with E-state index in [1.807, 2.05) is 29.7 Å². The molecule has 4 heterocycles. The third-order valence-corrected chi connectivity index (χ3v) is 5.64. The van der Waals surface area contributed by atoms with E-state index in [1.165, 1.54) is 0 Å². The lowest BCUT2D eigenvalue weighted by molar-refractivity contribution is 0.562. The first-order valence-corrected chi connectivity index (χ1v) is 10.1. The van der Waals surface area contributed by atoms with Crippen molar-refractivity contribution in [1.82, 2.24) is 18.8 Å². The van der Waals surface area contributed by atoms with Gasteiger partial charge in [0.25, 0.3) is 0 Å². The third-order valence-electron chi connectivity index (χ3n) is 5.35. The van der Waals surface area contributed by atoms with Gasteiger partial charge in [0.15, 0.2) is 0 Å². The SMILES string of the molecule is Cc1ccc(C(C)(C)C)c2nc(-c3cc(Cl)n4ccnc4c3C(C)(C)C)c(F)n12. The zero-order valence-corrected chi connectivity index (χ0v) is 18.7. The molecule has 0 atom stereocenters. The molecule has 0 saturated heterocycles. The molecule has 0 aliphatic heterocycles. The number of hydrogen-bond acceptors (Lipinski definition) is 2. The van der Waals surface area contributed by atoms with Crippen LogP contribution in [0.4, 0.5) is 4.39 Å². The first-order valence-electron chi connectivity index (χ1n) is 9.75. The topological polar surface area (TPSA) is 34.6 Å². The molecule has 4 aromatic rings. The molecule has 0 aromatic carbocycles. The zero-order chi connectivity index (χ0) is 21.3. The zero-order valence-electron chi connectivity index (χ0n) is 17.9. The Morgan fingerprint density at radius 3 is 2.31 bits per heavy atom. The highest BCUT2D eigenvalue weighted by Gasteiger charge is 2.29. The summed E-state index contributed by atoms with van der Waals surface area (Å²) in [6.07, 6.45) is 3.53. The Balaban J connectivity index is 2.15. The molecule has 0 N–H and O–H groups in total. The highest BCUT2D eigenvalue weighted by Crippen LogP contribution is 2.39. The van der Waals surface area contributed by atoms with E-state index in [4.69, 9.17) is 16.6 Å². The molecule has 0 aliphatic rings. The third kappa shape index (κ3) is 3.03. The standard InChI is InChI=1S/C23H26ClFN4/c1-13-8-9-15(22(2,3)4)20-27-18(19(25)29(13)20)14-12-16(24)28-11-10-26-21(28)17(14)23(5,6)7/h8-12H,1-7H3. The molecule has 0 amide bonds. The van der Waals surface area contributed by atoms with Crippen LogP contribution in [0.3, 0.4) is 0 Å². The van der Waals surface area contributed by atoms with Gasteiger partial charge in [0.1, 0.15) is 22.1 Å². The van der Waals surface area contributed by atoms with E-state index < -0.39 is 0 Å². The second-order valence-electron chi connectivity index (χ2n) is 9.68. The van der Waals surface area contributed by atoms with Crippen molar-refractivity contribution in [3.63, 3.8) is 0 Å².